The Morgan fingerprint density at radius 1 is 1.24 bits per heavy atom. The average Bonchev–Trinajstić information content (AvgIpc) is 2.77. The Morgan fingerprint density at radius 3 is 2.96 bits per heavy atom. The third kappa shape index (κ3) is 4.54. The van der Waals surface area contributed by atoms with Crippen LogP contribution in [0.2, 0.25) is 0 Å². The van der Waals surface area contributed by atoms with Crippen molar-refractivity contribution < 1.29 is 14.7 Å². The lowest BCUT2D eigenvalue weighted by Crippen LogP contribution is -2.44. The highest BCUT2D eigenvalue weighted by molar-refractivity contribution is 5.87. The van der Waals surface area contributed by atoms with Gasteiger partial charge < -0.3 is 15.3 Å². The van der Waals surface area contributed by atoms with Gasteiger partial charge in [-0.3, -0.25) is 14.6 Å². The van der Waals surface area contributed by atoms with Crippen molar-refractivity contribution in [2.75, 3.05) is 19.6 Å². The van der Waals surface area contributed by atoms with E-state index in [4.69, 9.17) is 0 Å². The minimum absolute atomic E-state index is 0.00103. The van der Waals surface area contributed by atoms with Crippen LogP contribution in [0.5, 0.6) is 0 Å². The van der Waals surface area contributed by atoms with E-state index < -0.39 is 6.10 Å². The Bertz CT molecular complexity index is 762. The topological polar surface area (TPSA) is 82.5 Å². The van der Waals surface area contributed by atoms with Gasteiger partial charge in [0.1, 0.15) is 6.10 Å². The number of rotatable bonds is 5. The number of amides is 2. The zero-order valence-corrected chi connectivity index (χ0v) is 14.1. The van der Waals surface area contributed by atoms with Gasteiger partial charge in [-0.2, -0.15) is 0 Å². The first-order valence-corrected chi connectivity index (χ1v) is 8.72. The molecular weight excluding hydrogens is 318 g/mol. The number of carbonyl (C=O) groups is 2. The molecule has 2 aromatic rings. The van der Waals surface area contributed by atoms with Crippen molar-refractivity contribution in [3.63, 3.8) is 0 Å². The summed E-state index contributed by atoms with van der Waals surface area (Å²) in [6.07, 6.45) is 1.75. The maximum atomic E-state index is 12.1. The molecule has 1 aliphatic heterocycles. The second-order valence-corrected chi connectivity index (χ2v) is 6.37. The van der Waals surface area contributed by atoms with Crippen LogP contribution in [0.25, 0.3) is 10.9 Å². The molecule has 1 aromatic heterocycles. The number of nitrogens with one attached hydrogen (secondary N) is 1. The predicted molar refractivity (Wildman–Crippen MR) is 94.9 cm³/mol. The van der Waals surface area contributed by atoms with Crippen molar-refractivity contribution in [2.24, 2.45) is 0 Å². The number of likely N-dealkylation sites (tertiary alicyclic amines) is 1. The standard InChI is InChI=1S/C19H23N3O3/c23-17-7-3-4-12-22(19(17)25)13-18(24)20-11-10-15-9-8-14-5-1-2-6-16(14)21-15/h1-2,5-6,8-9,17,23H,3-4,7,10-13H2,(H,20,24). The Morgan fingerprint density at radius 2 is 2.08 bits per heavy atom. The SMILES string of the molecule is O=C(CN1CCCCC(O)C1=O)NCCc1ccc2ccccc2n1. The highest BCUT2D eigenvalue weighted by Gasteiger charge is 2.26. The van der Waals surface area contributed by atoms with E-state index in [1.165, 1.54) is 4.90 Å². The molecule has 6 heteroatoms. The van der Waals surface area contributed by atoms with E-state index in [-0.39, 0.29) is 18.4 Å². The summed E-state index contributed by atoms with van der Waals surface area (Å²) in [5.74, 6) is -0.549. The third-order valence-corrected chi connectivity index (χ3v) is 4.45. The van der Waals surface area contributed by atoms with Crippen LogP contribution in [0.15, 0.2) is 36.4 Å². The largest absolute Gasteiger partial charge is 0.383 e. The summed E-state index contributed by atoms with van der Waals surface area (Å²) in [5.41, 5.74) is 1.86. The van der Waals surface area contributed by atoms with Gasteiger partial charge in [0.2, 0.25) is 5.91 Å². The number of hydrogen-bond acceptors (Lipinski definition) is 4. The maximum Gasteiger partial charge on any atom is 0.251 e. The maximum absolute atomic E-state index is 12.1. The summed E-state index contributed by atoms with van der Waals surface area (Å²) in [5, 5.41) is 13.6. The first kappa shape index (κ1) is 17.4. The zero-order chi connectivity index (χ0) is 17.6. The number of fused-ring (bicyclic) bond motifs is 1. The quantitative estimate of drug-likeness (QED) is 0.858. The van der Waals surface area contributed by atoms with Crippen LogP contribution in [0, 0.1) is 0 Å². The van der Waals surface area contributed by atoms with Crippen LogP contribution in [-0.2, 0) is 16.0 Å². The van der Waals surface area contributed by atoms with Crippen molar-refractivity contribution in [3.8, 4) is 0 Å². The number of nitrogens with zero attached hydrogens (tertiary/aromatic N) is 2. The molecule has 1 aromatic carbocycles. The van der Waals surface area contributed by atoms with Crippen LogP contribution in [0.4, 0.5) is 0 Å². The van der Waals surface area contributed by atoms with E-state index in [1.54, 1.807) is 0 Å². The molecule has 2 amide bonds. The van der Waals surface area contributed by atoms with E-state index in [2.05, 4.69) is 10.3 Å². The summed E-state index contributed by atoms with van der Waals surface area (Å²) < 4.78 is 0. The van der Waals surface area contributed by atoms with E-state index in [0.717, 1.165) is 29.4 Å². The van der Waals surface area contributed by atoms with Gasteiger partial charge in [0.15, 0.2) is 0 Å². The van der Waals surface area contributed by atoms with Crippen molar-refractivity contribution in [1.82, 2.24) is 15.2 Å². The van der Waals surface area contributed by atoms with E-state index >= 15 is 0 Å². The molecular formula is C19H23N3O3. The first-order chi connectivity index (χ1) is 12.1. The number of aliphatic hydroxyl groups is 1. The van der Waals surface area contributed by atoms with Gasteiger partial charge in [0.05, 0.1) is 12.1 Å². The Labute approximate surface area is 146 Å². The molecule has 0 spiro atoms. The lowest BCUT2D eigenvalue weighted by atomic mass is 10.2. The fourth-order valence-electron chi connectivity index (χ4n) is 3.05. The fraction of sp³-hybridized carbons (Fsp3) is 0.421. The number of aromatic nitrogens is 1. The number of hydrogen-bond donors (Lipinski definition) is 2. The zero-order valence-electron chi connectivity index (χ0n) is 14.1. The van der Waals surface area contributed by atoms with Gasteiger partial charge in [-0.05, 0) is 31.4 Å². The molecule has 0 aliphatic carbocycles. The smallest absolute Gasteiger partial charge is 0.251 e. The molecule has 1 aliphatic rings. The molecule has 25 heavy (non-hydrogen) atoms. The van der Waals surface area contributed by atoms with Crippen LogP contribution in [-0.4, -0.2) is 52.5 Å². The second-order valence-electron chi connectivity index (χ2n) is 6.37. The average molecular weight is 341 g/mol. The van der Waals surface area contributed by atoms with E-state index in [0.29, 0.717) is 25.9 Å². The van der Waals surface area contributed by atoms with Crippen LogP contribution in [0.1, 0.15) is 25.0 Å². The number of benzene rings is 1. The molecule has 2 heterocycles. The molecule has 1 fully saturated rings. The summed E-state index contributed by atoms with van der Waals surface area (Å²) in [6.45, 7) is 0.991. The molecule has 0 radical (unpaired) electrons. The summed E-state index contributed by atoms with van der Waals surface area (Å²) in [4.78, 5) is 30.1. The van der Waals surface area contributed by atoms with Gasteiger partial charge in [0, 0.05) is 30.6 Å². The lowest BCUT2D eigenvalue weighted by Gasteiger charge is -2.21. The molecule has 1 saturated heterocycles. The van der Waals surface area contributed by atoms with Gasteiger partial charge >= 0.3 is 0 Å². The highest BCUT2D eigenvalue weighted by Crippen LogP contribution is 2.12. The monoisotopic (exact) mass is 341 g/mol. The van der Waals surface area contributed by atoms with Crippen LogP contribution < -0.4 is 5.32 Å². The third-order valence-electron chi connectivity index (χ3n) is 4.45. The number of aliphatic hydroxyl groups excluding tert-OH is 1. The first-order valence-electron chi connectivity index (χ1n) is 8.72. The molecule has 2 N–H and O–H groups in total. The Hall–Kier alpha value is -2.47. The van der Waals surface area contributed by atoms with E-state index in [1.807, 2.05) is 36.4 Å². The van der Waals surface area contributed by atoms with Crippen molar-refractivity contribution >= 4 is 22.7 Å². The fourth-order valence-corrected chi connectivity index (χ4v) is 3.05. The molecule has 6 nitrogen and oxygen atoms in total. The highest BCUT2D eigenvalue weighted by atomic mass is 16.3. The summed E-state index contributed by atoms with van der Waals surface area (Å²) in [6, 6.07) is 11.9. The molecule has 3 rings (SSSR count). The Balaban J connectivity index is 1.49. The van der Waals surface area contributed by atoms with Crippen LogP contribution >= 0.6 is 0 Å². The van der Waals surface area contributed by atoms with Gasteiger partial charge in [-0.25, -0.2) is 0 Å². The van der Waals surface area contributed by atoms with Gasteiger partial charge in [0.25, 0.3) is 5.91 Å². The normalized spacial score (nSPS) is 18.2. The summed E-state index contributed by atoms with van der Waals surface area (Å²) >= 11 is 0. The molecule has 0 saturated carbocycles. The molecule has 132 valence electrons. The molecule has 1 unspecified atom stereocenters. The Kier molecular flexibility index (Phi) is 5.60. The van der Waals surface area contributed by atoms with Crippen molar-refractivity contribution in [2.45, 2.75) is 31.8 Å². The minimum Gasteiger partial charge on any atom is -0.383 e. The van der Waals surface area contributed by atoms with Crippen molar-refractivity contribution in [3.05, 3.63) is 42.1 Å². The number of pyridine rings is 1. The van der Waals surface area contributed by atoms with Gasteiger partial charge in [-0.1, -0.05) is 24.3 Å². The second kappa shape index (κ2) is 8.07. The number of carbonyl (C=O) groups excluding carboxylic acids is 2. The summed E-state index contributed by atoms with van der Waals surface area (Å²) in [7, 11) is 0. The van der Waals surface area contributed by atoms with Gasteiger partial charge in [-0.15, -0.1) is 0 Å². The molecule has 0 bridgehead atoms. The van der Waals surface area contributed by atoms with E-state index in [9.17, 15) is 14.7 Å². The van der Waals surface area contributed by atoms with Crippen LogP contribution in [0.3, 0.4) is 0 Å². The lowest BCUT2D eigenvalue weighted by molar-refractivity contribution is -0.142. The minimum atomic E-state index is -0.975. The molecule has 1 atom stereocenters. The predicted octanol–water partition coefficient (Wildman–Crippen LogP) is 1.27. The van der Waals surface area contributed by atoms with Crippen molar-refractivity contribution in [1.29, 1.82) is 0 Å². The number of para-hydroxylation sites is 1.